The summed E-state index contributed by atoms with van der Waals surface area (Å²) in [5, 5.41) is 8.77. The molecular formula is C12H20N2O5. The zero-order valence-electron chi connectivity index (χ0n) is 11.1. The summed E-state index contributed by atoms with van der Waals surface area (Å²) in [6.45, 7) is 4.89. The van der Waals surface area contributed by atoms with Crippen LogP contribution in [0.3, 0.4) is 0 Å². The van der Waals surface area contributed by atoms with Crippen LogP contribution in [-0.4, -0.2) is 78.5 Å². The zero-order chi connectivity index (χ0) is 13.8. The van der Waals surface area contributed by atoms with Crippen LogP contribution in [0.25, 0.3) is 0 Å². The lowest BCUT2D eigenvalue weighted by Crippen LogP contribution is -2.56. The van der Waals surface area contributed by atoms with E-state index >= 15 is 0 Å². The van der Waals surface area contributed by atoms with Gasteiger partial charge in [0.1, 0.15) is 0 Å². The molecule has 0 spiro atoms. The first-order valence-electron chi connectivity index (χ1n) is 6.54. The molecule has 0 aliphatic carbocycles. The van der Waals surface area contributed by atoms with Gasteiger partial charge in [-0.3, -0.25) is 4.79 Å². The first-order valence-corrected chi connectivity index (χ1v) is 6.54. The van der Waals surface area contributed by atoms with E-state index in [1.54, 1.807) is 9.80 Å². The minimum atomic E-state index is -0.904. The summed E-state index contributed by atoms with van der Waals surface area (Å²) in [6, 6.07) is 0.0107. The molecule has 0 radical (unpaired) electrons. The second-order valence-electron chi connectivity index (χ2n) is 4.94. The summed E-state index contributed by atoms with van der Waals surface area (Å²) in [5.41, 5.74) is 0. The number of hydrogen-bond acceptors (Lipinski definition) is 4. The highest BCUT2D eigenvalue weighted by molar-refractivity contribution is 5.75. The molecule has 2 rings (SSSR count). The molecule has 2 aliphatic heterocycles. The van der Waals surface area contributed by atoms with Crippen LogP contribution in [0.15, 0.2) is 0 Å². The van der Waals surface area contributed by atoms with Gasteiger partial charge in [-0.1, -0.05) is 0 Å². The van der Waals surface area contributed by atoms with Crippen LogP contribution < -0.4 is 0 Å². The van der Waals surface area contributed by atoms with Gasteiger partial charge >= 0.3 is 12.0 Å². The summed E-state index contributed by atoms with van der Waals surface area (Å²) < 4.78 is 10.7. The van der Waals surface area contributed by atoms with E-state index in [0.29, 0.717) is 39.5 Å². The Hall–Kier alpha value is -1.34. The third-order valence-corrected chi connectivity index (χ3v) is 3.42. The minimum Gasteiger partial charge on any atom is -0.481 e. The SMILES string of the molecule is CC1COCCN1C(=O)N1CCOC(CC(=O)O)C1. The van der Waals surface area contributed by atoms with Crippen molar-refractivity contribution in [1.82, 2.24) is 9.80 Å². The third kappa shape index (κ3) is 3.57. The lowest BCUT2D eigenvalue weighted by Gasteiger charge is -2.40. The summed E-state index contributed by atoms with van der Waals surface area (Å²) in [7, 11) is 0. The van der Waals surface area contributed by atoms with Crippen LogP contribution in [0, 0.1) is 0 Å². The number of rotatable bonds is 2. The van der Waals surface area contributed by atoms with E-state index in [1.165, 1.54) is 0 Å². The molecule has 0 saturated carbocycles. The Balaban J connectivity index is 1.92. The Morgan fingerprint density at radius 1 is 1.32 bits per heavy atom. The molecule has 0 aromatic heterocycles. The molecule has 0 bridgehead atoms. The number of amides is 2. The lowest BCUT2D eigenvalue weighted by molar-refractivity contribution is -0.141. The van der Waals surface area contributed by atoms with Gasteiger partial charge in [-0.2, -0.15) is 0 Å². The second-order valence-corrected chi connectivity index (χ2v) is 4.94. The molecule has 2 atom stereocenters. The van der Waals surface area contributed by atoms with Crippen LogP contribution in [0.1, 0.15) is 13.3 Å². The summed E-state index contributed by atoms with van der Waals surface area (Å²) in [4.78, 5) is 26.5. The van der Waals surface area contributed by atoms with Gasteiger partial charge in [-0.25, -0.2) is 4.79 Å². The number of carboxylic acids is 1. The maximum Gasteiger partial charge on any atom is 0.320 e. The highest BCUT2D eigenvalue weighted by atomic mass is 16.5. The van der Waals surface area contributed by atoms with Crippen molar-refractivity contribution >= 4 is 12.0 Å². The summed E-state index contributed by atoms with van der Waals surface area (Å²) in [6.07, 6.45) is -0.478. The molecule has 0 aromatic carbocycles. The maximum absolute atomic E-state index is 12.4. The maximum atomic E-state index is 12.4. The Morgan fingerprint density at radius 3 is 2.79 bits per heavy atom. The van der Waals surface area contributed by atoms with Crippen LogP contribution >= 0.6 is 0 Å². The molecule has 108 valence electrons. The van der Waals surface area contributed by atoms with Gasteiger partial charge in [-0.05, 0) is 6.92 Å². The minimum absolute atomic E-state index is 0.0468. The summed E-state index contributed by atoms with van der Waals surface area (Å²) in [5.74, 6) is -0.904. The number of carboxylic acid groups (broad SMARTS) is 1. The third-order valence-electron chi connectivity index (χ3n) is 3.42. The molecule has 7 heteroatoms. The highest BCUT2D eigenvalue weighted by Gasteiger charge is 2.31. The number of carbonyl (C=O) groups is 2. The molecule has 1 N–H and O–H groups in total. The molecule has 0 aromatic rings. The fourth-order valence-electron chi connectivity index (χ4n) is 2.40. The van der Waals surface area contributed by atoms with Crippen molar-refractivity contribution in [3.8, 4) is 0 Å². The second kappa shape index (κ2) is 6.21. The Bertz CT molecular complexity index is 349. The Kier molecular flexibility index (Phi) is 4.60. The number of ether oxygens (including phenoxy) is 2. The van der Waals surface area contributed by atoms with E-state index in [0.717, 1.165) is 0 Å². The number of nitrogens with zero attached hydrogens (tertiary/aromatic N) is 2. The van der Waals surface area contributed by atoms with Crippen LogP contribution in [0.5, 0.6) is 0 Å². The molecule has 2 saturated heterocycles. The topological polar surface area (TPSA) is 79.3 Å². The number of aliphatic carboxylic acids is 1. The van der Waals surface area contributed by atoms with E-state index in [2.05, 4.69) is 0 Å². The molecule has 7 nitrogen and oxygen atoms in total. The number of hydrogen-bond donors (Lipinski definition) is 1. The van der Waals surface area contributed by atoms with Crippen molar-refractivity contribution in [3.05, 3.63) is 0 Å². The molecule has 2 aliphatic rings. The van der Waals surface area contributed by atoms with Crippen molar-refractivity contribution in [2.75, 3.05) is 39.5 Å². The number of urea groups is 1. The molecule has 2 amide bonds. The fourth-order valence-corrected chi connectivity index (χ4v) is 2.40. The largest absolute Gasteiger partial charge is 0.481 e. The quantitative estimate of drug-likeness (QED) is 0.765. The van der Waals surface area contributed by atoms with Crippen LogP contribution in [0.2, 0.25) is 0 Å². The molecule has 19 heavy (non-hydrogen) atoms. The highest BCUT2D eigenvalue weighted by Crippen LogP contribution is 2.14. The normalized spacial score (nSPS) is 28.3. The fraction of sp³-hybridized carbons (Fsp3) is 0.833. The monoisotopic (exact) mass is 272 g/mol. The molecule has 2 fully saturated rings. The van der Waals surface area contributed by atoms with Gasteiger partial charge < -0.3 is 24.4 Å². The number of carbonyl (C=O) groups excluding carboxylic acids is 1. The predicted molar refractivity (Wildman–Crippen MR) is 65.9 cm³/mol. The zero-order valence-corrected chi connectivity index (χ0v) is 11.1. The van der Waals surface area contributed by atoms with Gasteiger partial charge in [0.25, 0.3) is 0 Å². The van der Waals surface area contributed by atoms with Crippen molar-refractivity contribution in [3.63, 3.8) is 0 Å². The Labute approximate surface area is 112 Å². The molecule has 2 unspecified atom stereocenters. The standard InChI is InChI=1S/C12H20N2O5/c1-9-8-18-4-3-14(9)12(17)13-2-5-19-10(7-13)6-11(15)16/h9-10H,2-8H2,1H3,(H,15,16). The van der Waals surface area contributed by atoms with Gasteiger partial charge in [0.15, 0.2) is 0 Å². The van der Waals surface area contributed by atoms with Gasteiger partial charge in [-0.15, -0.1) is 0 Å². The van der Waals surface area contributed by atoms with Crippen molar-refractivity contribution < 1.29 is 24.2 Å². The van der Waals surface area contributed by atoms with Crippen molar-refractivity contribution in [1.29, 1.82) is 0 Å². The first kappa shape index (κ1) is 14.1. The summed E-state index contributed by atoms with van der Waals surface area (Å²) >= 11 is 0. The predicted octanol–water partition coefficient (Wildman–Crippen LogP) is 0.00260. The lowest BCUT2D eigenvalue weighted by atomic mass is 10.2. The van der Waals surface area contributed by atoms with Crippen molar-refractivity contribution in [2.24, 2.45) is 0 Å². The Morgan fingerprint density at radius 2 is 2.11 bits per heavy atom. The molecular weight excluding hydrogens is 252 g/mol. The van der Waals surface area contributed by atoms with E-state index < -0.39 is 12.1 Å². The van der Waals surface area contributed by atoms with E-state index in [4.69, 9.17) is 14.6 Å². The van der Waals surface area contributed by atoms with E-state index in [-0.39, 0.29) is 18.5 Å². The number of morpholine rings is 2. The smallest absolute Gasteiger partial charge is 0.320 e. The van der Waals surface area contributed by atoms with E-state index in [9.17, 15) is 9.59 Å². The van der Waals surface area contributed by atoms with Gasteiger partial charge in [0.05, 0.1) is 38.4 Å². The van der Waals surface area contributed by atoms with Gasteiger partial charge in [0.2, 0.25) is 0 Å². The van der Waals surface area contributed by atoms with Crippen LogP contribution in [0.4, 0.5) is 4.79 Å². The average molecular weight is 272 g/mol. The molecule has 2 heterocycles. The average Bonchev–Trinajstić information content (AvgIpc) is 2.38. The van der Waals surface area contributed by atoms with Crippen LogP contribution in [-0.2, 0) is 14.3 Å². The first-order chi connectivity index (χ1) is 9.08. The van der Waals surface area contributed by atoms with Gasteiger partial charge in [0, 0.05) is 19.6 Å². The van der Waals surface area contributed by atoms with Crippen molar-refractivity contribution in [2.45, 2.75) is 25.5 Å². The van der Waals surface area contributed by atoms with E-state index in [1.807, 2.05) is 6.92 Å².